The summed E-state index contributed by atoms with van der Waals surface area (Å²) < 4.78 is 6.53. The molecule has 1 atom stereocenters. The number of amides is 1. The SMILES string of the molecule is Cc1cnc([C@@H]2CCCN2C(=O)c2ccc3oc(=O)n(C)c3c2)[nH]1. The molecule has 1 aromatic carbocycles. The lowest BCUT2D eigenvalue weighted by atomic mass is 10.1. The molecule has 0 bridgehead atoms. The van der Waals surface area contributed by atoms with Gasteiger partial charge in [0.25, 0.3) is 5.91 Å². The number of carbonyl (C=O) groups is 1. The molecule has 1 aliphatic heterocycles. The Balaban J connectivity index is 1.69. The number of likely N-dealkylation sites (tertiary alicyclic amines) is 1. The summed E-state index contributed by atoms with van der Waals surface area (Å²) in [5, 5.41) is 0. The van der Waals surface area contributed by atoms with Crippen molar-refractivity contribution in [3.8, 4) is 0 Å². The van der Waals surface area contributed by atoms with Crippen molar-refractivity contribution in [3.63, 3.8) is 0 Å². The summed E-state index contributed by atoms with van der Waals surface area (Å²) in [4.78, 5) is 34.0. The summed E-state index contributed by atoms with van der Waals surface area (Å²) in [6.07, 6.45) is 3.62. The number of hydrogen-bond donors (Lipinski definition) is 1. The fraction of sp³-hybridized carbons (Fsp3) is 0.353. The number of nitrogens with one attached hydrogen (secondary N) is 1. The van der Waals surface area contributed by atoms with Gasteiger partial charge in [-0.05, 0) is 38.0 Å². The van der Waals surface area contributed by atoms with Crippen molar-refractivity contribution in [2.45, 2.75) is 25.8 Å². The van der Waals surface area contributed by atoms with Gasteiger partial charge in [0.2, 0.25) is 0 Å². The van der Waals surface area contributed by atoms with E-state index in [4.69, 9.17) is 4.42 Å². The summed E-state index contributed by atoms with van der Waals surface area (Å²) in [6, 6.07) is 5.06. The highest BCUT2D eigenvalue weighted by molar-refractivity contribution is 5.97. The van der Waals surface area contributed by atoms with Crippen LogP contribution in [0.4, 0.5) is 0 Å². The van der Waals surface area contributed by atoms with E-state index in [-0.39, 0.29) is 11.9 Å². The van der Waals surface area contributed by atoms with Gasteiger partial charge in [-0.1, -0.05) is 0 Å². The van der Waals surface area contributed by atoms with Crippen molar-refractivity contribution in [1.29, 1.82) is 0 Å². The van der Waals surface area contributed by atoms with Crippen LogP contribution in [0.15, 0.2) is 33.6 Å². The predicted octanol–water partition coefficient (Wildman–Crippen LogP) is 2.14. The van der Waals surface area contributed by atoms with Crippen molar-refractivity contribution in [2.75, 3.05) is 6.54 Å². The molecule has 3 heterocycles. The summed E-state index contributed by atoms with van der Waals surface area (Å²) in [6.45, 7) is 2.65. The molecule has 7 nitrogen and oxygen atoms in total. The summed E-state index contributed by atoms with van der Waals surface area (Å²) in [5.74, 6) is 0.344. The Labute approximate surface area is 137 Å². The van der Waals surface area contributed by atoms with Crippen LogP contribution in [-0.4, -0.2) is 31.9 Å². The smallest absolute Gasteiger partial charge is 0.408 e. The molecule has 7 heteroatoms. The van der Waals surface area contributed by atoms with Gasteiger partial charge in [-0.15, -0.1) is 0 Å². The van der Waals surface area contributed by atoms with Gasteiger partial charge < -0.3 is 14.3 Å². The Morgan fingerprint density at radius 3 is 3.00 bits per heavy atom. The van der Waals surface area contributed by atoms with Crippen molar-refractivity contribution in [3.05, 3.63) is 52.0 Å². The fourth-order valence-corrected chi connectivity index (χ4v) is 3.32. The van der Waals surface area contributed by atoms with E-state index in [1.807, 2.05) is 11.8 Å². The standard InChI is InChI=1S/C17H18N4O3/c1-10-9-18-15(19-10)12-4-3-7-21(12)16(22)11-5-6-14-13(8-11)20(2)17(23)24-14/h5-6,8-9,12H,3-4,7H2,1-2H3,(H,18,19)/t12-/m0/s1. The molecule has 0 radical (unpaired) electrons. The van der Waals surface area contributed by atoms with Gasteiger partial charge in [0.05, 0.1) is 11.6 Å². The minimum Gasteiger partial charge on any atom is -0.408 e. The summed E-state index contributed by atoms with van der Waals surface area (Å²) >= 11 is 0. The van der Waals surface area contributed by atoms with E-state index in [0.717, 1.165) is 24.4 Å². The van der Waals surface area contributed by atoms with E-state index in [1.165, 1.54) is 4.57 Å². The first-order chi connectivity index (χ1) is 11.5. The van der Waals surface area contributed by atoms with Gasteiger partial charge in [-0.25, -0.2) is 9.78 Å². The lowest BCUT2D eigenvalue weighted by Crippen LogP contribution is -2.31. The third-order valence-corrected chi connectivity index (χ3v) is 4.59. The second-order valence-electron chi connectivity index (χ2n) is 6.22. The number of aromatic amines is 1. The zero-order chi connectivity index (χ0) is 16.8. The molecule has 3 aromatic rings. The number of imidazole rings is 1. The average molecular weight is 326 g/mol. The summed E-state index contributed by atoms with van der Waals surface area (Å²) in [5.41, 5.74) is 2.64. The molecule has 1 N–H and O–H groups in total. The van der Waals surface area contributed by atoms with Crippen LogP contribution in [0.3, 0.4) is 0 Å². The lowest BCUT2D eigenvalue weighted by Gasteiger charge is -2.23. The molecular formula is C17H18N4O3. The Morgan fingerprint density at radius 2 is 2.25 bits per heavy atom. The van der Waals surface area contributed by atoms with Crippen LogP contribution in [0.5, 0.6) is 0 Å². The number of H-pyrrole nitrogens is 1. The maximum atomic E-state index is 13.0. The van der Waals surface area contributed by atoms with Gasteiger partial charge in [-0.3, -0.25) is 9.36 Å². The first-order valence-corrected chi connectivity index (χ1v) is 7.96. The monoisotopic (exact) mass is 326 g/mol. The Morgan fingerprint density at radius 1 is 1.42 bits per heavy atom. The zero-order valence-electron chi connectivity index (χ0n) is 13.6. The van der Waals surface area contributed by atoms with Crippen LogP contribution in [0.25, 0.3) is 11.1 Å². The van der Waals surface area contributed by atoms with Gasteiger partial charge in [0.1, 0.15) is 5.82 Å². The van der Waals surface area contributed by atoms with Crippen molar-refractivity contribution in [1.82, 2.24) is 19.4 Å². The van der Waals surface area contributed by atoms with Crippen molar-refractivity contribution >= 4 is 17.0 Å². The average Bonchev–Trinajstić information content (AvgIpc) is 3.27. The second kappa shape index (κ2) is 5.36. The number of hydrogen-bond acceptors (Lipinski definition) is 4. The van der Waals surface area contributed by atoms with Crippen LogP contribution >= 0.6 is 0 Å². The Bertz CT molecular complexity index is 981. The molecule has 1 aliphatic rings. The third kappa shape index (κ3) is 2.24. The predicted molar refractivity (Wildman–Crippen MR) is 87.8 cm³/mol. The molecule has 4 rings (SSSR count). The molecule has 24 heavy (non-hydrogen) atoms. The minimum atomic E-state index is -0.431. The molecule has 0 spiro atoms. The lowest BCUT2D eigenvalue weighted by molar-refractivity contribution is 0.0730. The highest BCUT2D eigenvalue weighted by Crippen LogP contribution is 2.31. The molecule has 2 aromatic heterocycles. The molecule has 1 fully saturated rings. The number of aryl methyl sites for hydroxylation is 2. The van der Waals surface area contributed by atoms with Crippen molar-refractivity contribution < 1.29 is 9.21 Å². The third-order valence-electron chi connectivity index (χ3n) is 4.59. The number of fused-ring (bicyclic) bond motifs is 1. The molecular weight excluding hydrogens is 308 g/mol. The highest BCUT2D eigenvalue weighted by Gasteiger charge is 2.32. The number of nitrogens with zero attached hydrogens (tertiary/aromatic N) is 3. The highest BCUT2D eigenvalue weighted by atomic mass is 16.4. The van der Waals surface area contributed by atoms with Crippen LogP contribution < -0.4 is 5.76 Å². The van der Waals surface area contributed by atoms with Gasteiger partial charge >= 0.3 is 5.76 Å². The number of oxazole rings is 1. The number of aromatic nitrogens is 3. The molecule has 1 amide bonds. The molecule has 1 saturated heterocycles. The van der Waals surface area contributed by atoms with Gasteiger partial charge in [0.15, 0.2) is 5.58 Å². The topological polar surface area (TPSA) is 84.1 Å². The fourth-order valence-electron chi connectivity index (χ4n) is 3.32. The maximum absolute atomic E-state index is 13.0. The second-order valence-corrected chi connectivity index (χ2v) is 6.22. The van der Waals surface area contributed by atoms with E-state index in [2.05, 4.69) is 9.97 Å². The molecule has 0 aliphatic carbocycles. The maximum Gasteiger partial charge on any atom is 0.419 e. The number of rotatable bonds is 2. The molecule has 0 saturated carbocycles. The number of carbonyl (C=O) groups excluding carboxylic acids is 1. The Kier molecular flexibility index (Phi) is 3.30. The quantitative estimate of drug-likeness (QED) is 0.782. The number of benzene rings is 1. The molecule has 0 unspecified atom stereocenters. The van der Waals surface area contributed by atoms with E-state index in [1.54, 1.807) is 31.4 Å². The van der Waals surface area contributed by atoms with Crippen LogP contribution in [0.2, 0.25) is 0 Å². The Hall–Kier alpha value is -2.83. The van der Waals surface area contributed by atoms with Gasteiger partial charge in [-0.2, -0.15) is 0 Å². The largest absolute Gasteiger partial charge is 0.419 e. The summed E-state index contributed by atoms with van der Waals surface area (Å²) in [7, 11) is 1.63. The minimum absolute atomic E-state index is 0.0323. The van der Waals surface area contributed by atoms with Crippen molar-refractivity contribution in [2.24, 2.45) is 7.05 Å². The van der Waals surface area contributed by atoms with E-state index >= 15 is 0 Å². The van der Waals surface area contributed by atoms with Crippen LogP contribution in [0.1, 0.15) is 40.8 Å². The first-order valence-electron chi connectivity index (χ1n) is 7.96. The van der Waals surface area contributed by atoms with E-state index in [9.17, 15) is 9.59 Å². The van der Waals surface area contributed by atoms with Crippen LogP contribution in [0, 0.1) is 6.92 Å². The molecule has 124 valence electrons. The first kappa shape index (κ1) is 14.7. The van der Waals surface area contributed by atoms with E-state index < -0.39 is 5.76 Å². The van der Waals surface area contributed by atoms with E-state index in [0.29, 0.717) is 23.2 Å². The zero-order valence-corrected chi connectivity index (χ0v) is 13.6. The van der Waals surface area contributed by atoms with Gasteiger partial charge in [0, 0.05) is 31.0 Å². The van der Waals surface area contributed by atoms with Crippen LogP contribution in [-0.2, 0) is 7.05 Å². The normalized spacial score (nSPS) is 17.8.